The van der Waals surface area contributed by atoms with Crippen LogP contribution in [0.25, 0.3) is 0 Å². The number of carbonyl (C=O) groups excluding carboxylic acids is 1. The van der Waals surface area contributed by atoms with E-state index < -0.39 is 0 Å². The van der Waals surface area contributed by atoms with Crippen LogP contribution in [0.15, 0.2) is 0 Å². The Morgan fingerprint density at radius 3 is 2.20 bits per heavy atom. The van der Waals surface area contributed by atoms with Gasteiger partial charge in [0, 0.05) is 18.0 Å². The zero-order chi connectivity index (χ0) is 12.1. The fraction of sp³-hybridized carbons (Fsp3) is 0.917. The fourth-order valence-corrected chi connectivity index (χ4v) is 1.70. The van der Waals surface area contributed by atoms with Crippen molar-refractivity contribution >= 4 is 5.91 Å². The first kappa shape index (κ1) is 14.4. The van der Waals surface area contributed by atoms with E-state index in [4.69, 9.17) is 0 Å². The lowest BCUT2D eigenvalue weighted by atomic mass is 9.83. The number of hydrogen-bond acceptors (Lipinski definition) is 2. The normalized spacial score (nSPS) is 14.1. The van der Waals surface area contributed by atoms with Gasteiger partial charge in [-0.15, -0.1) is 0 Å². The summed E-state index contributed by atoms with van der Waals surface area (Å²) in [6.07, 6.45) is 0.923. The van der Waals surface area contributed by atoms with Gasteiger partial charge >= 0.3 is 0 Å². The van der Waals surface area contributed by atoms with Crippen molar-refractivity contribution in [3.05, 3.63) is 0 Å². The number of nitrogens with one attached hydrogen (secondary N) is 2. The maximum absolute atomic E-state index is 11.9. The van der Waals surface area contributed by atoms with Crippen LogP contribution >= 0.6 is 0 Å². The minimum Gasteiger partial charge on any atom is -0.354 e. The Balaban J connectivity index is 4.07. The smallest absolute Gasteiger partial charge is 0.225 e. The van der Waals surface area contributed by atoms with Crippen LogP contribution in [0.3, 0.4) is 0 Å². The zero-order valence-corrected chi connectivity index (χ0v) is 11.0. The molecule has 0 saturated carbocycles. The molecule has 0 aliphatic heterocycles. The molecule has 0 spiro atoms. The Labute approximate surface area is 94.0 Å². The molecule has 0 fully saturated rings. The van der Waals surface area contributed by atoms with Crippen LogP contribution in [-0.4, -0.2) is 25.5 Å². The quantitative estimate of drug-likeness (QED) is 0.707. The van der Waals surface area contributed by atoms with Gasteiger partial charge < -0.3 is 10.6 Å². The van der Waals surface area contributed by atoms with E-state index in [1.807, 2.05) is 20.9 Å². The first-order valence-electron chi connectivity index (χ1n) is 5.75. The number of carbonyl (C=O) groups is 1. The predicted octanol–water partition coefficient (Wildman–Crippen LogP) is 1.78. The van der Waals surface area contributed by atoms with E-state index in [-0.39, 0.29) is 11.3 Å². The molecule has 0 aliphatic rings. The molecule has 90 valence electrons. The molecule has 0 bridgehead atoms. The lowest BCUT2D eigenvalue weighted by Gasteiger charge is -2.26. The van der Waals surface area contributed by atoms with Crippen molar-refractivity contribution in [3.8, 4) is 0 Å². The van der Waals surface area contributed by atoms with E-state index in [9.17, 15) is 4.79 Å². The summed E-state index contributed by atoms with van der Waals surface area (Å²) in [5.41, 5.74) is -0.262. The SMILES string of the molecule is CNC(C)CNC(=O)C(C)(C)CC(C)C. The van der Waals surface area contributed by atoms with Crippen molar-refractivity contribution in [1.82, 2.24) is 10.6 Å². The Bertz CT molecular complexity index is 200. The maximum atomic E-state index is 11.9. The predicted molar refractivity (Wildman–Crippen MR) is 64.8 cm³/mol. The van der Waals surface area contributed by atoms with E-state index in [0.29, 0.717) is 18.5 Å². The molecule has 0 rings (SSSR count). The molecule has 3 heteroatoms. The van der Waals surface area contributed by atoms with Gasteiger partial charge in [0.05, 0.1) is 0 Å². The van der Waals surface area contributed by atoms with Crippen LogP contribution in [0.5, 0.6) is 0 Å². The van der Waals surface area contributed by atoms with E-state index in [1.165, 1.54) is 0 Å². The zero-order valence-electron chi connectivity index (χ0n) is 11.0. The highest BCUT2D eigenvalue weighted by Crippen LogP contribution is 2.25. The molecule has 1 amide bonds. The molecule has 15 heavy (non-hydrogen) atoms. The molecule has 0 aromatic carbocycles. The van der Waals surface area contributed by atoms with Crippen molar-refractivity contribution in [2.24, 2.45) is 11.3 Å². The standard InChI is InChI=1S/C12H26N2O/c1-9(2)7-12(4,5)11(15)14-8-10(3)13-6/h9-10,13H,7-8H2,1-6H3,(H,14,15). The summed E-state index contributed by atoms with van der Waals surface area (Å²) in [6.45, 7) is 11.0. The average Bonchev–Trinajstić information content (AvgIpc) is 2.11. The Kier molecular flexibility index (Phi) is 5.88. The summed E-state index contributed by atoms with van der Waals surface area (Å²) in [5, 5.41) is 6.08. The second-order valence-electron chi connectivity index (χ2n) is 5.38. The third-order valence-electron chi connectivity index (χ3n) is 2.59. The lowest BCUT2D eigenvalue weighted by molar-refractivity contribution is -0.130. The van der Waals surface area contributed by atoms with Crippen molar-refractivity contribution in [3.63, 3.8) is 0 Å². The molecule has 0 radical (unpaired) electrons. The van der Waals surface area contributed by atoms with Crippen LogP contribution in [0, 0.1) is 11.3 Å². The average molecular weight is 214 g/mol. The summed E-state index contributed by atoms with van der Waals surface area (Å²) in [5.74, 6) is 0.700. The topological polar surface area (TPSA) is 41.1 Å². The van der Waals surface area contributed by atoms with Crippen LogP contribution in [0.2, 0.25) is 0 Å². The molecule has 0 aliphatic carbocycles. The van der Waals surface area contributed by atoms with Gasteiger partial charge in [-0.2, -0.15) is 0 Å². The first-order chi connectivity index (χ1) is 6.79. The molecule has 1 unspecified atom stereocenters. The van der Waals surface area contributed by atoms with Crippen LogP contribution in [0.4, 0.5) is 0 Å². The molecule has 1 atom stereocenters. The molecular formula is C12H26N2O. The molecule has 0 heterocycles. The molecule has 3 nitrogen and oxygen atoms in total. The Morgan fingerprint density at radius 1 is 1.27 bits per heavy atom. The molecule has 0 aromatic rings. The van der Waals surface area contributed by atoms with E-state index >= 15 is 0 Å². The number of rotatable bonds is 6. The molecule has 2 N–H and O–H groups in total. The molecular weight excluding hydrogens is 188 g/mol. The van der Waals surface area contributed by atoms with Gasteiger partial charge in [0.25, 0.3) is 0 Å². The highest BCUT2D eigenvalue weighted by Gasteiger charge is 2.28. The van der Waals surface area contributed by atoms with Crippen molar-refractivity contribution in [1.29, 1.82) is 0 Å². The van der Waals surface area contributed by atoms with Gasteiger partial charge in [-0.1, -0.05) is 27.7 Å². The largest absolute Gasteiger partial charge is 0.354 e. The first-order valence-corrected chi connectivity index (χ1v) is 5.75. The molecule has 0 saturated heterocycles. The van der Waals surface area contributed by atoms with Crippen molar-refractivity contribution in [2.45, 2.75) is 47.1 Å². The van der Waals surface area contributed by atoms with Gasteiger partial charge in [0.1, 0.15) is 0 Å². The third kappa shape index (κ3) is 5.78. The summed E-state index contributed by atoms with van der Waals surface area (Å²) in [7, 11) is 1.90. The van der Waals surface area contributed by atoms with Crippen molar-refractivity contribution < 1.29 is 4.79 Å². The van der Waals surface area contributed by atoms with Crippen LogP contribution in [0.1, 0.15) is 41.0 Å². The number of amides is 1. The maximum Gasteiger partial charge on any atom is 0.225 e. The summed E-state index contributed by atoms with van der Waals surface area (Å²) < 4.78 is 0. The van der Waals surface area contributed by atoms with Gasteiger partial charge in [-0.3, -0.25) is 4.79 Å². The Hall–Kier alpha value is -0.570. The summed E-state index contributed by atoms with van der Waals surface area (Å²) in [6, 6.07) is 0.323. The van der Waals surface area contributed by atoms with Gasteiger partial charge in [-0.05, 0) is 26.3 Å². The highest BCUT2D eigenvalue weighted by molar-refractivity contribution is 5.81. The monoisotopic (exact) mass is 214 g/mol. The Morgan fingerprint density at radius 2 is 1.80 bits per heavy atom. The number of likely N-dealkylation sites (N-methyl/N-ethyl adjacent to an activating group) is 1. The minimum absolute atomic E-state index is 0.151. The van der Waals surface area contributed by atoms with Gasteiger partial charge in [0.15, 0.2) is 0 Å². The second kappa shape index (κ2) is 6.11. The summed E-state index contributed by atoms with van der Waals surface area (Å²) in [4.78, 5) is 11.9. The minimum atomic E-state index is -0.262. The van der Waals surface area contributed by atoms with Crippen molar-refractivity contribution in [2.75, 3.05) is 13.6 Å². The van der Waals surface area contributed by atoms with E-state index in [1.54, 1.807) is 0 Å². The van der Waals surface area contributed by atoms with Gasteiger partial charge in [-0.25, -0.2) is 0 Å². The third-order valence-corrected chi connectivity index (χ3v) is 2.59. The number of hydrogen-bond donors (Lipinski definition) is 2. The van der Waals surface area contributed by atoms with Gasteiger partial charge in [0.2, 0.25) is 5.91 Å². The van der Waals surface area contributed by atoms with Crippen LogP contribution in [-0.2, 0) is 4.79 Å². The summed E-state index contributed by atoms with van der Waals surface area (Å²) >= 11 is 0. The van der Waals surface area contributed by atoms with Crippen LogP contribution < -0.4 is 10.6 Å². The van der Waals surface area contributed by atoms with E-state index in [2.05, 4.69) is 31.4 Å². The molecule has 0 aromatic heterocycles. The highest BCUT2D eigenvalue weighted by atomic mass is 16.2. The fourth-order valence-electron chi connectivity index (χ4n) is 1.70. The van der Waals surface area contributed by atoms with E-state index in [0.717, 1.165) is 6.42 Å². The lowest BCUT2D eigenvalue weighted by Crippen LogP contribution is -2.43. The second-order valence-corrected chi connectivity index (χ2v) is 5.38.